The fraction of sp³-hybridized carbons (Fsp3) is 0.312. The van der Waals surface area contributed by atoms with E-state index >= 15 is 0 Å². The molecule has 0 bridgehead atoms. The van der Waals surface area contributed by atoms with Crippen molar-refractivity contribution in [1.29, 1.82) is 0 Å². The summed E-state index contributed by atoms with van der Waals surface area (Å²) in [6.07, 6.45) is 3.48. The van der Waals surface area contributed by atoms with Crippen LogP contribution >= 0.6 is 0 Å². The highest BCUT2D eigenvalue weighted by atomic mass is 16.2. The SMILES string of the molecule is CCN(CC)C(=O)N(CC=O)C(=O)C=Cc1ccccc1. The first-order valence-corrected chi connectivity index (χ1v) is 6.91. The first kappa shape index (κ1) is 16.6. The number of imide groups is 1. The molecule has 0 aliphatic rings. The van der Waals surface area contributed by atoms with Gasteiger partial charge in [-0.3, -0.25) is 9.69 Å². The number of rotatable bonds is 6. The molecule has 5 heteroatoms. The molecular weight excluding hydrogens is 268 g/mol. The Labute approximate surface area is 124 Å². The first-order valence-electron chi connectivity index (χ1n) is 6.91. The molecule has 0 fully saturated rings. The third-order valence-corrected chi connectivity index (χ3v) is 3.01. The predicted molar refractivity (Wildman–Crippen MR) is 81.6 cm³/mol. The molecular formula is C16H20N2O3. The van der Waals surface area contributed by atoms with Crippen molar-refractivity contribution in [2.24, 2.45) is 0 Å². The lowest BCUT2D eigenvalue weighted by Gasteiger charge is -2.25. The minimum atomic E-state index is -0.497. The lowest BCUT2D eigenvalue weighted by atomic mass is 10.2. The van der Waals surface area contributed by atoms with Crippen molar-refractivity contribution in [1.82, 2.24) is 9.80 Å². The van der Waals surface area contributed by atoms with Crippen molar-refractivity contribution in [2.75, 3.05) is 19.6 Å². The lowest BCUT2D eigenvalue weighted by molar-refractivity contribution is -0.126. The van der Waals surface area contributed by atoms with E-state index in [4.69, 9.17) is 0 Å². The lowest BCUT2D eigenvalue weighted by Crippen LogP contribution is -2.46. The van der Waals surface area contributed by atoms with Crippen LogP contribution in [0.25, 0.3) is 6.08 Å². The zero-order chi connectivity index (χ0) is 15.7. The van der Waals surface area contributed by atoms with Crippen LogP contribution < -0.4 is 0 Å². The Morgan fingerprint density at radius 1 is 1.10 bits per heavy atom. The van der Waals surface area contributed by atoms with Crippen LogP contribution in [0.1, 0.15) is 19.4 Å². The largest absolute Gasteiger partial charge is 0.327 e. The topological polar surface area (TPSA) is 57.7 Å². The van der Waals surface area contributed by atoms with E-state index in [9.17, 15) is 14.4 Å². The molecule has 0 aliphatic carbocycles. The quantitative estimate of drug-likeness (QED) is 0.595. The molecule has 1 aromatic carbocycles. The Bertz CT molecular complexity index is 508. The van der Waals surface area contributed by atoms with E-state index in [0.717, 1.165) is 10.5 Å². The summed E-state index contributed by atoms with van der Waals surface area (Å²) in [6, 6.07) is 8.83. The number of nitrogens with zero attached hydrogens (tertiary/aromatic N) is 2. The Morgan fingerprint density at radius 3 is 2.24 bits per heavy atom. The molecule has 1 rings (SSSR count). The van der Waals surface area contributed by atoms with Crippen molar-refractivity contribution in [3.63, 3.8) is 0 Å². The van der Waals surface area contributed by atoms with Crippen LogP contribution in [0.4, 0.5) is 4.79 Å². The van der Waals surface area contributed by atoms with Crippen LogP contribution in [0.5, 0.6) is 0 Å². The maximum Gasteiger partial charge on any atom is 0.327 e. The Balaban J connectivity index is 2.85. The second kappa shape index (κ2) is 8.68. The van der Waals surface area contributed by atoms with E-state index in [1.54, 1.807) is 6.08 Å². The molecule has 0 radical (unpaired) electrons. The minimum absolute atomic E-state index is 0.243. The number of hydrogen-bond acceptors (Lipinski definition) is 3. The van der Waals surface area contributed by atoms with E-state index < -0.39 is 11.9 Å². The monoisotopic (exact) mass is 288 g/mol. The normalized spacial score (nSPS) is 10.4. The van der Waals surface area contributed by atoms with E-state index in [-0.39, 0.29) is 6.54 Å². The van der Waals surface area contributed by atoms with Crippen LogP contribution in [0.2, 0.25) is 0 Å². The maximum absolute atomic E-state index is 12.2. The summed E-state index contributed by atoms with van der Waals surface area (Å²) in [4.78, 5) is 37.5. The molecule has 0 saturated carbocycles. The molecule has 5 nitrogen and oxygen atoms in total. The molecule has 0 heterocycles. The molecule has 1 aromatic rings. The molecule has 0 saturated heterocycles. The standard InChI is InChI=1S/C16H20N2O3/c1-3-17(4-2)16(21)18(12-13-19)15(20)11-10-14-8-6-5-7-9-14/h5-11,13H,3-4,12H2,1-2H3. The molecule has 0 aromatic heterocycles. The number of urea groups is 1. The third-order valence-electron chi connectivity index (χ3n) is 3.01. The van der Waals surface area contributed by atoms with Crippen molar-refractivity contribution in [3.8, 4) is 0 Å². The van der Waals surface area contributed by atoms with Gasteiger partial charge in [0.1, 0.15) is 6.29 Å². The van der Waals surface area contributed by atoms with Gasteiger partial charge in [0.05, 0.1) is 6.54 Å². The van der Waals surface area contributed by atoms with Gasteiger partial charge in [-0.1, -0.05) is 30.3 Å². The summed E-state index contributed by atoms with van der Waals surface area (Å²) in [5.74, 6) is -0.497. The van der Waals surface area contributed by atoms with Crippen molar-refractivity contribution in [3.05, 3.63) is 42.0 Å². The molecule has 0 unspecified atom stereocenters. The van der Waals surface area contributed by atoms with Crippen LogP contribution in [0.3, 0.4) is 0 Å². The molecule has 112 valence electrons. The van der Waals surface area contributed by atoms with Gasteiger partial charge in [0.25, 0.3) is 5.91 Å². The zero-order valence-electron chi connectivity index (χ0n) is 12.4. The van der Waals surface area contributed by atoms with Gasteiger partial charge < -0.3 is 9.69 Å². The number of benzene rings is 1. The number of amides is 3. The van der Waals surface area contributed by atoms with Crippen LogP contribution in [0.15, 0.2) is 36.4 Å². The van der Waals surface area contributed by atoms with Crippen molar-refractivity contribution in [2.45, 2.75) is 13.8 Å². The Hall–Kier alpha value is -2.43. The van der Waals surface area contributed by atoms with E-state index in [1.807, 2.05) is 44.2 Å². The second-order valence-corrected chi connectivity index (χ2v) is 4.31. The third kappa shape index (κ3) is 4.87. The van der Waals surface area contributed by atoms with Gasteiger partial charge in [0, 0.05) is 19.2 Å². The van der Waals surface area contributed by atoms with Crippen molar-refractivity contribution < 1.29 is 14.4 Å². The maximum atomic E-state index is 12.2. The summed E-state index contributed by atoms with van der Waals surface area (Å²) in [5, 5.41) is 0. The van der Waals surface area contributed by atoms with E-state index in [2.05, 4.69) is 0 Å². The highest BCUT2D eigenvalue weighted by Gasteiger charge is 2.22. The molecule has 0 spiro atoms. The van der Waals surface area contributed by atoms with Gasteiger partial charge >= 0.3 is 6.03 Å². The second-order valence-electron chi connectivity index (χ2n) is 4.31. The first-order chi connectivity index (χ1) is 10.1. The number of carbonyl (C=O) groups is 3. The fourth-order valence-corrected chi connectivity index (χ4v) is 1.82. The van der Waals surface area contributed by atoms with Gasteiger partial charge in [-0.25, -0.2) is 4.79 Å². The summed E-state index contributed by atoms with van der Waals surface area (Å²) < 4.78 is 0. The molecule has 0 N–H and O–H groups in total. The summed E-state index contributed by atoms with van der Waals surface area (Å²) in [5.41, 5.74) is 0.854. The summed E-state index contributed by atoms with van der Waals surface area (Å²) >= 11 is 0. The van der Waals surface area contributed by atoms with Crippen LogP contribution in [-0.4, -0.2) is 47.7 Å². The average Bonchev–Trinajstić information content (AvgIpc) is 2.52. The highest BCUT2D eigenvalue weighted by Crippen LogP contribution is 2.04. The van der Waals surface area contributed by atoms with Gasteiger partial charge in [0.2, 0.25) is 0 Å². The molecule has 0 atom stereocenters. The van der Waals surface area contributed by atoms with E-state index in [0.29, 0.717) is 19.4 Å². The average molecular weight is 288 g/mol. The van der Waals surface area contributed by atoms with Gasteiger partial charge in [-0.2, -0.15) is 0 Å². The minimum Gasteiger partial charge on any atom is -0.325 e. The van der Waals surface area contributed by atoms with Gasteiger partial charge in [-0.15, -0.1) is 0 Å². The number of hydrogen-bond donors (Lipinski definition) is 0. The molecule has 3 amide bonds. The zero-order valence-corrected chi connectivity index (χ0v) is 12.4. The fourth-order valence-electron chi connectivity index (χ4n) is 1.82. The van der Waals surface area contributed by atoms with Gasteiger partial charge in [-0.05, 0) is 25.5 Å². The van der Waals surface area contributed by atoms with Gasteiger partial charge in [0.15, 0.2) is 0 Å². The van der Waals surface area contributed by atoms with E-state index in [1.165, 1.54) is 11.0 Å². The van der Waals surface area contributed by atoms with Crippen LogP contribution in [-0.2, 0) is 9.59 Å². The molecule has 21 heavy (non-hydrogen) atoms. The number of aldehydes is 1. The highest BCUT2D eigenvalue weighted by molar-refractivity contribution is 6.03. The Morgan fingerprint density at radius 2 is 1.71 bits per heavy atom. The number of carbonyl (C=O) groups excluding carboxylic acids is 3. The summed E-state index contributed by atoms with van der Waals surface area (Å²) in [6.45, 7) is 4.38. The summed E-state index contributed by atoms with van der Waals surface area (Å²) in [7, 11) is 0. The molecule has 0 aliphatic heterocycles. The van der Waals surface area contributed by atoms with Crippen LogP contribution in [0, 0.1) is 0 Å². The Kier molecular flexibility index (Phi) is 6.87. The predicted octanol–water partition coefficient (Wildman–Crippen LogP) is 2.19. The van der Waals surface area contributed by atoms with Crippen molar-refractivity contribution >= 4 is 24.3 Å². The smallest absolute Gasteiger partial charge is 0.325 e.